The van der Waals surface area contributed by atoms with Crippen molar-refractivity contribution in [1.82, 2.24) is 35.0 Å². The molecule has 0 aliphatic heterocycles. The first-order chi connectivity index (χ1) is 12.6. The molecule has 0 aromatic carbocycles. The number of nitrogens with zero attached hydrogens (tertiary/aromatic N) is 6. The topological polar surface area (TPSA) is 84.4 Å². The van der Waals surface area contributed by atoms with E-state index in [9.17, 15) is 0 Å². The maximum atomic E-state index is 4.70. The molecule has 0 saturated carbocycles. The summed E-state index contributed by atoms with van der Waals surface area (Å²) in [6, 6.07) is 5.90. The zero-order chi connectivity index (χ0) is 18.5. The molecule has 9 heteroatoms. The van der Waals surface area contributed by atoms with Gasteiger partial charge in [-0.25, -0.2) is 4.99 Å². The Hall–Kier alpha value is -2.17. The van der Waals surface area contributed by atoms with E-state index in [4.69, 9.17) is 4.99 Å². The average molecular weight is 482 g/mol. The fourth-order valence-corrected chi connectivity index (χ4v) is 2.90. The van der Waals surface area contributed by atoms with Crippen LogP contribution in [0.3, 0.4) is 0 Å². The number of aryl methyl sites for hydroxylation is 2. The molecule has 8 nitrogen and oxygen atoms in total. The van der Waals surface area contributed by atoms with Gasteiger partial charge in [0.2, 0.25) is 0 Å². The number of fused-ring (bicyclic) bond motifs is 1. The van der Waals surface area contributed by atoms with Crippen LogP contribution in [0.4, 0.5) is 0 Å². The predicted octanol–water partition coefficient (Wildman–Crippen LogP) is 2.00. The Morgan fingerprint density at radius 1 is 1.19 bits per heavy atom. The van der Waals surface area contributed by atoms with Crippen LogP contribution in [-0.2, 0) is 20.0 Å². The van der Waals surface area contributed by atoms with E-state index in [1.807, 2.05) is 47.4 Å². The summed E-state index contributed by atoms with van der Waals surface area (Å²) in [5.41, 5.74) is 4.22. The van der Waals surface area contributed by atoms with Gasteiger partial charge in [0, 0.05) is 44.0 Å². The van der Waals surface area contributed by atoms with Crippen LogP contribution in [0.1, 0.15) is 29.7 Å². The largest absolute Gasteiger partial charge is 0.357 e. The van der Waals surface area contributed by atoms with Crippen LogP contribution < -0.4 is 10.6 Å². The minimum Gasteiger partial charge on any atom is -0.357 e. The molecule has 0 radical (unpaired) electrons. The molecule has 0 atom stereocenters. The van der Waals surface area contributed by atoms with Gasteiger partial charge in [-0.05, 0) is 32.9 Å². The highest BCUT2D eigenvalue weighted by Gasteiger charge is 2.09. The van der Waals surface area contributed by atoms with E-state index in [0.717, 1.165) is 48.3 Å². The summed E-state index contributed by atoms with van der Waals surface area (Å²) >= 11 is 0. The molecule has 27 heavy (non-hydrogen) atoms. The third kappa shape index (κ3) is 4.96. The highest BCUT2D eigenvalue weighted by atomic mass is 127. The van der Waals surface area contributed by atoms with Crippen LogP contribution in [-0.4, -0.2) is 43.4 Å². The monoisotopic (exact) mass is 482 g/mol. The lowest BCUT2D eigenvalue weighted by molar-refractivity contribution is 0.729. The summed E-state index contributed by atoms with van der Waals surface area (Å²) in [5, 5.41) is 19.5. The molecule has 0 amide bonds. The van der Waals surface area contributed by atoms with Crippen molar-refractivity contribution in [2.24, 2.45) is 12.0 Å². The highest BCUT2D eigenvalue weighted by Crippen LogP contribution is 2.12. The summed E-state index contributed by atoms with van der Waals surface area (Å²) in [4.78, 5) is 4.70. The Bertz CT molecular complexity index is 911. The SMILES string of the molecule is CCNC(=NCc1c(C)nn(C)c1C)NCCc1nnc2ccccn12.I. The second kappa shape index (κ2) is 9.67. The van der Waals surface area contributed by atoms with Gasteiger partial charge < -0.3 is 10.6 Å². The van der Waals surface area contributed by atoms with Gasteiger partial charge in [-0.1, -0.05) is 6.07 Å². The summed E-state index contributed by atoms with van der Waals surface area (Å²) < 4.78 is 3.91. The molecule has 146 valence electrons. The molecule has 0 aliphatic carbocycles. The van der Waals surface area contributed by atoms with E-state index in [0.29, 0.717) is 6.54 Å². The van der Waals surface area contributed by atoms with Crippen molar-refractivity contribution >= 4 is 35.6 Å². The Morgan fingerprint density at radius 3 is 2.70 bits per heavy atom. The number of rotatable bonds is 6. The van der Waals surface area contributed by atoms with Gasteiger partial charge in [0.05, 0.1) is 12.2 Å². The first kappa shape index (κ1) is 21.1. The van der Waals surface area contributed by atoms with E-state index in [2.05, 4.69) is 39.8 Å². The minimum atomic E-state index is 0. The molecule has 3 aromatic heterocycles. The van der Waals surface area contributed by atoms with Gasteiger partial charge in [-0.3, -0.25) is 9.08 Å². The lowest BCUT2D eigenvalue weighted by atomic mass is 10.2. The number of pyridine rings is 1. The molecule has 3 rings (SSSR count). The quantitative estimate of drug-likeness (QED) is 0.319. The van der Waals surface area contributed by atoms with Crippen molar-refractivity contribution in [3.63, 3.8) is 0 Å². The van der Waals surface area contributed by atoms with E-state index in [1.54, 1.807) is 0 Å². The van der Waals surface area contributed by atoms with Crippen LogP contribution >= 0.6 is 24.0 Å². The molecular formula is C18H27IN8. The first-order valence-electron chi connectivity index (χ1n) is 8.90. The van der Waals surface area contributed by atoms with E-state index >= 15 is 0 Å². The summed E-state index contributed by atoms with van der Waals surface area (Å²) in [5.74, 6) is 1.73. The molecular weight excluding hydrogens is 455 g/mol. The second-order valence-electron chi connectivity index (χ2n) is 6.19. The third-order valence-electron chi connectivity index (χ3n) is 4.42. The number of nitrogens with one attached hydrogen (secondary N) is 2. The van der Waals surface area contributed by atoms with Crippen molar-refractivity contribution in [3.8, 4) is 0 Å². The summed E-state index contributed by atoms with van der Waals surface area (Å²) in [6.45, 7) is 8.30. The van der Waals surface area contributed by atoms with Crippen LogP contribution in [0, 0.1) is 13.8 Å². The maximum absolute atomic E-state index is 4.70. The van der Waals surface area contributed by atoms with Gasteiger partial charge in [0.15, 0.2) is 11.6 Å². The lowest BCUT2D eigenvalue weighted by Gasteiger charge is -2.11. The molecule has 2 N–H and O–H groups in total. The van der Waals surface area contributed by atoms with Gasteiger partial charge in [0.1, 0.15) is 5.82 Å². The minimum absolute atomic E-state index is 0. The number of hydrogen-bond donors (Lipinski definition) is 2. The van der Waals surface area contributed by atoms with Crippen LogP contribution in [0.2, 0.25) is 0 Å². The molecule has 0 bridgehead atoms. The van der Waals surface area contributed by atoms with Crippen LogP contribution in [0.15, 0.2) is 29.4 Å². The highest BCUT2D eigenvalue weighted by molar-refractivity contribution is 14.0. The predicted molar refractivity (Wildman–Crippen MR) is 118 cm³/mol. The smallest absolute Gasteiger partial charge is 0.191 e. The van der Waals surface area contributed by atoms with Crippen molar-refractivity contribution < 1.29 is 0 Å². The molecule has 0 spiro atoms. The molecule has 0 unspecified atom stereocenters. The summed E-state index contributed by atoms with van der Waals surface area (Å²) in [6.07, 6.45) is 2.75. The second-order valence-corrected chi connectivity index (χ2v) is 6.19. The van der Waals surface area contributed by atoms with Gasteiger partial charge in [-0.15, -0.1) is 34.2 Å². The standard InChI is InChI=1S/C18H26N8.HI/c1-5-19-18(21-12-15-13(2)24-25(4)14(15)3)20-10-9-17-23-22-16-8-6-7-11-26(16)17;/h6-8,11H,5,9-10,12H2,1-4H3,(H2,19,20,21);1H. The van der Waals surface area contributed by atoms with E-state index < -0.39 is 0 Å². The average Bonchev–Trinajstić information content (AvgIpc) is 3.14. The van der Waals surface area contributed by atoms with E-state index in [-0.39, 0.29) is 24.0 Å². The number of guanidine groups is 1. The van der Waals surface area contributed by atoms with Crippen molar-refractivity contribution in [2.75, 3.05) is 13.1 Å². The molecule has 0 fully saturated rings. The van der Waals surface area contributed by atoms with Gasteiger partial charge in [-0.2, -0.15) is 5.10 Å². The normalized spacial score (nSPS) is 11.5. The Balaban J connectivity index is 0.00000261. The third-order valence-corrected chi connectivity index (χ3v) is 4.42. The van der Waals surface area contributed by atoms with Crippen LogP contribution in [0.5, 0.6) is 0 Å². The Morgan fingerprint density at radius 2 is 2.00 bits per heavy atom. The van der Waals surface area contributed by atoms with Crippen molar-refractivity contribution in [2.45, 2.75) is 33.7 Å². The Labute approximate surface area is 176 Å². The fourth-order valence-electron chi connectivity index (χ4n) is 2.90. The molecule has 3 heterocycles. The number of halogens is 1. The zero-order valence-electron chi connectivity index (χ0n) is 16.2. The lowest BCUT2D eigenvalue weighted by Crippen LogP contribution is -2.38. The zero-order valence-corrected chi connectivity index (χ0v) is 18.6. The van der Waals surface area contributed by atoms with Gasteiger partial charge in [0.25, 0.3) is 0 Å². The number of aromatic nitrogens is 5. The van der Waals surface area contributed by atoms with Crippen LogP contribution in [0.25, 0.3) is 5.65 Å². The maximum Gasteiger partial charge on any atom is 0.191 e. The number of aliphatic imine (C=N–C) groups is 1. The Kier molecular flexibility index (Phi) is 7.57. The van der Waals surface area contributed by atoms with Gasteiger partial charge >= 0.3 is 0 Å². The summed E-state index contributed by atoms with van der Waals surface area (Å²) in [7, 11) is 1.96. The van der Waals surface area contributed by atoms with E-state index in [1.165, 1.54) is 5.56 Å². The molecule has 0 saturated heterocycles. The molecule has 3 aromatic rings. The first-order valence-corrected chi connectivity index (χ1v) is 8.90. The fraction of sp³-hybridized carbons (Fsp3) is 0.444. The van der Waals surface area contributed by atoms with Crippen molar-refractivity contribution in [1.29, 1.82) is 0 Å². The van der Waals surface area contributed by atoms with Crippen molar-refractivity contribution in [3.05, 3.63) is 47.2 Å². The number of hydrogen-bond acceptors (Lipinski definition) is 4. The molecule has 0 aliphatic rings.